The van der Waals surface area contributed by atoms with Crippen LogP contribution in [-0.2, 0) is 0 Å². The summed E-state index contributed by atoms with van der Waals surface area (Å²) in [7, 11) is 0.578. The third-order valence-electron chi connectivity index (χ3n) is 3.25. The first kappa shape index (κ1) is 18.2. The van der Waals surface area contributed by atoms with Crippen LogP contribution in [0, 0.1) is 0 Å². The number of hydrogen-bond acceptors (Lipinski definition) is 2. The zero-order valence-corrected chi connectivity index (χ0v) is 14.5. The van der Waals surface area contributed by atoms with Gasteiger partial charge in [0.05, 0.1) is 0 Å². The summed E-state index contributed by atoms with van der Waals surface area (Å²) < 4.78 is 0. The molecule has 0 aliphatic carbocycles. The van der Waals surface area contributed by atoms with Gasteiger partial charge in [-0.15, -0.1) is 15.8 Å². The van der Waals surface area contributed by atoms with E-state index in [0.29, 0.717) is 0 Å². The quantitative estimate of drug-likeness (QED) is 0.423. The van der Waals surface area contributed by atoms with E-state index in [9.17, 15) is 0 Å². The van der Waals surface area contributed by atoms with Gasteiger partial charge in [0.1, 0.15) is 0 Å². The Kier molecular flexibility index (Phi) is 13.8. The molecule has 0 aromatic rings. The van der Waals surface area contributed by atoms with Crippen molar-refractivity contribution in [2.24, 2.45) is 0 Å². The Morgan fingerprint density at radius 2 is 1.00 bits per heavy atom. The number of rotatable bonds is 12. The summed E-state index contributed by atoms with van der Waals surface area (Å²) in [4.78, 5) is 0. The minimum atomic E-state index is 0.289. The van der Waals surface area contributed by atoms with Crippen molar-refractivity contribution in [2.45, 2.75) is 27.7 Å². The van der Waals surface area contributed by atoms with Crippen LogP contribution in [0.5, 0.6) is 0 Å². The first-order chi connectivity index (χ1) is 8.78. The Morgan fingerprint density at radius 3 is 1.28 bits per heavy atom. The molecule has 0 aliphatic heterocycles. The molecule has 0 amide bonds. The minimum Gasteiger partial charge on any atom is -0.389 e. The Hall–Kier alpha value is 0.200. The molecule has 0 spiro atoms. The lowest BCUT2D eigenvalue weighted by Gasteiger charge is -2.13. The van der Waals surface area contributed by atoms with Gasteiger partial charge in [0.15, 0.2) is 0 Å². The maximum atomic E-state index is 3.38. The second-order valence-corrected chi connectivity index (χ2v) is 10.4. The minimum absolute atomic E-state index is 0.289. The summed E-state index contributed by atoms with van der Waals surface area (Å²) in [6.07, 6.45) is 12.3. The molecule has 0 saturated carbocycles. The van der Waals surface area contributed by atoms with Crippen molar-refractivity contribution in [2.75, 3.05) is 50.1 Å². The third kappa shape index (κ3) is 10.2. The third-order valence-corrected chi connectivity index (χ3v) is 8.54. The van der Waals surface area contributed by atoms with Gasteiger partial charge >= 0.3 is 0 Å². The Balaban J connectivity index is 3.38. The van der Waals surface area contributed by atoms with Gasteiger partial charge in [-0.25, -0.2) is 0 Å². The summed E-state index contributed by atoms with van der Waals surface area (Å²) in [6, 6.07) is 0. The maximum absolute atomic E-state index is 3.38. The topological polar surface area (TPSA) is 24.1 Å². The van der Waals surface area contributed by atoms with E-state index in [4.69, 9.17) is 0 Å². The van der Waals surface area contributed by atoms with Gasteiger partial charge < -0.3 is 10.6 Å². The van der Waals surface area contributed by atoms with E-state index in [1.165, 1.54) is 37.0 Å². The van der Waals surface area contributed by atoms with Gasteiger partial charge in [-0.05, 0) is 37.0 Å². The van der Waals surface area contributed by atoms with Gasteiger partial charge in [-0.3, -0.25) is 0 Å². The Bertz CT molecular complexity index is 170. The molecule has 108 valence electrons. The highest BCUT2D eigenvalue weighted by molar-refractivity contribution is 7.57. The first-order valence-corrected chi connectivity index (χ1v) is 11.1. The molecule has 0 heterocycles. The molecule has 0 rings (SSSR count). The Labute approximate surface area is 117 Å². The molecule has 2 nitrogen and oxygen atoms in total. The second-order valence-electron chi connectivity index (χ2n) is 4.30. The predicted octanol–water partition coefficient (Wildman–Crippen LogP) is 3.68. The summed E-state index contributed by atoms with van der Waals surface area (Å²) >= 11 is 0. The van der Waals surface area contributed by atoms with E-state index >= 15 is 0 Å². The van der Waals surface area contributed by atoms with Crippen molar-refractivity contribution in [3.05, 3.63) is 12.4 Å². The molecular weight excluding hydrogens is 258 g/mol. The molecule has 0 atom stereocenters. The summed E-state index contributed by atoms with van der Waals surface area (Å²) in [5, 5.41) is 6.76. The number of hydrogen-bond donors (Lipinski definition) is 2. The average molecular weight is 290 g/mol. The van der Waals surface area contributed by atoms with Gasteiger partial charge in [0, 0.05) is 25.5 Å². The predicted molar refractivity (Wildman–Crippen MR) is 90.9 cm³/mol. The van der Waals surface area contributed by atoms with E-state index in [1.54, 1.807) is 0 Å². The van der Waals surface area contributed by atoms with Gasteiger partial charge in [-0.1, -0.05) is 27.7 Å². The first-order valence-electron chi connectivity index (χ1n) is 7.34. The highest BCUT2D eigenvalue weighted by Gasteiger charge is 2.00. The van der Waals surface area contributed by atoms with Crippen molar-refractivity contribution >= 4 is 15.8 Å². The molecule has 0 aliphatic rings. The maximum Gasteiger partial charge on any atom is 0.0181 e. The van der Waals surface area contributed by atoms with Crippen LogP contribution in [0.4, 0.5) is 0 Å². The number of nitrogens with one attached hydrogen (secondary N) is 2. The molecule has 4 heteroatoms. The van der Waals surface area contributed by atoms with Gasteiger partial charge in [0.2, 0.25) is 0 Å². The molecule has 0 aromatic carbocycles. The van der Waals surface area contributed by atoms with Crippen LogP contribution < -0.4 is 10.6 Å². The standard InChI is InChI=1S/C14H32N2P2/c1-5-17(6-2)13-11-15-9-10-16-12-14-18(7-3)8-4/h9-10,15-16H,5-8,11-14H2,1-4H3/b10-9+. The van der Waals surface area contributed by atoms with E-state index < -0.39 is 0 Å². The fraction of sp³-hybridized carbons (Fsp3) is 0.857. The van der Waals surface area contributed by atoms with Crippen molar-refractivity contribution in [3.63, 3.8) is 0 Å². The highest BCUT2D eigenvalue weighted by atomic mass is 31.1. The average Bonchev–Trinajstić information content (AvgIpc) is 2.41. The molecule has 0 aromatic heterocycles. The second kappa shape index (κ2) is 13.6. The highest BCUT2D eigenvalue weighted by Crippen LogP contribution is 2.33. The van der Waals surface area contributed by atoms with Crippen LogP contribution in [0.2, 0.25) is 0 Å². The zero-order chi connectivity index (χ0) is 13.6. The molecule has 0 radical (unpaired) electrons. The van der Waals surface area contributed by atoms with Crippen LogP contribution in [-0.4, -0.2) is 50.1 Å². The molecule has 0 saturated heterocycles. The fourth-order valence-corrected chi connectivity index (χ4v) is 4.86. The molecule has 0 fully saturated rings. The molecule has 18 heavy (non-hydrogen) atoms. The summed E-state index contributed by atoms with van der Waals surface area (Å²) in [5.41, 5.74) is 0. The van der Waals surface area contributed by atoms with E-state index in [0.717, 1.165) is 13.1 Å². The van der Waals surface area contributed by atoms with E-state index in [2.05, 4.69) is 50.7 Å². The van der Waals surface area contributed by atoms with Gasteiger partial charge in [-0.2, -0.15) is 0 Å². The van der Waals surface area contributed by atoms with Crippen molar-refractivity contribution in [1.29, 1.82) is 0 Å². The SMILES string of the molecule is CCP(CC)CCN/C=C/NCCP(CC)CC. The fourth-order valence-electron chi connectivity index (χ4n) is 1.81. The lowest BCUT2D eigenvalue weighted by atomic mass is 10.7. The van der Waals surface area contributed by atoms with Crippen LogP contribution in [0.1, 0.15) is 27.7 Å². The largest absolute Gasteiger partial charge is 0.389 e. The zero-order valence-electron chi connectivity index (χ0n) is 12.7. The molecule has 0 bridgehead atoms. The normalized spacial score (nSPS) is 11.7. The molecular formula is C14H32N2P2. The van der Waals surface area contributed by atoms with Crippen molar-refractivity contribution in [3.8, 4) is 0 Å². The van der Waals surface area contributed by atoms with E-state index in [1.807, 2.05) is 0 Å². The van der Waals surface area contributed by atoms with Crippen LogP contribution in [0.3, 0.4) is 0 Å². The summed E-state index contributed by atoms with van der Waals surface area (Å²) in [6.45, 7) is 11.5. The van der Waals surface area contributed by atoms with Crippen molar-refractivity contribution in [1.82, 2.24) is 10.6 Å². The lowest BCUT2D eigenvalue weighted by molar-refractivity contribution is 0.873. The molecule has 0 unspecified atom stereocenters. The van der Waals surface area contributed by atoms with E-state index in [-0.39, 0.29) is 15.8 Å². The monoisotopic (exact) mass is 290 g/mol. The molecule has 2 N–H and O–H groups in total. The van der Waals surface area contributed by atoms with Crippen LogP contribution >= 0.6 is 15.8 Å². The van der Waals surface area contributed by atoms with Crippen LogP contribution in [0.25, 0.3) is 0 Å². The smallest absolute Gasteiger partial charge is 0.0181 e. The van der Waals surface area contributed by atoms with Crippen LogP contribution in [0.15, 0.2) is 12.4 Å². The summed E-state index contributed by atoms with van der Waals surface area (Å²) in [5.74, 6) is 0. The Morgan fingerprint density at radius 1 is 0.667 bits per heavy atom. The van der Waals surface area contributed by atoms with Crippen molar-refractivity contribution < 1.29 is 0 Å². The lowest BCUT2D eigenvalue weighted by Crippen LogP contribution is -2.15. The van der Waals surface area contributed by atoms with Gasteiger partial charge in [0.25, 0.3) is 0 Å².